The molecule has 0 spiro atoms. The first-order valence-corrected chi connectivity index (χ1v) is 12.7. The number of aryl methyl sites for hydroxylation is 1. The van der Waals surface area contributed by atoms with Crippen molar-refractivity contribution in [3.8, 4) is 0 Å². The normalized spacial score (nSPS) is 21.8. The molecule has 1 amide bonds. The Morgan fingerprint density at radius 1 is 1.23 bits per heavy atom. The van der Waals surface area contributed by atoms with Gasteiger partial charge in [-0.15, -0.1) is 0 Å². The minimum Gasteiger partial charge on any atom is -0.381 e. The highest BCUT2D eigenvalue weighted by Gasteiger charge is 2.34. The summed E-state index contributed by atoms with van der Waals surface area (Å²) in [5, 5.41) is 4.19. The number of rotatable bonds is 8. The number of sulfonamides is 1. The predicted octanol–water partition coefficient (Wildman–Crippen LogP) is 0.880. The lowest BCUT2D eigenvalue weighted by Gasteiger charge is -2.44. The van der Waals surface area contributed by atoms with Crippen molar-refractivity contribution < 1.29 is 17.9 Å². The highest BCUT2D eigenvalue weighted by molar-refractivity contribution is 7.88. The number of likely N-dealkylation sites (N-methyl/N-ethyl adjacent to an activating group) is 1. The number of hydrogen-bond acceptors (Lipinski definition) is 6. The number of nitrogens with zero attached hydrogens (tertiary/aromatic N) is 5. The molecule has 1 aromatic rings. The molecule has 10 heteroatoms. The van der Waals surface area contributed by atoms with Gasteiger partial charge in [-0.3, -0.25) is 14.4 Å². The standard InChI is InChI=1S/C20H35N5O4S/c1-4-23-15-17(14-21-23)20(26)22(2)10-11-25(18-7-12-29-13-8-18)19-6-5-9-24(16-19)30(3,27)28/h14-15,18-19H,4-13,16H2,1-3H3. The molecule has 0 aromatic carbocycles. The molecule has 1 atom stereocenters. The van der Waals surface area contributed by atoms with Crippen LogP contribution in [0.1, 0.15) is 43.0 Å². The van der Waals surface area contributed by atoms with Gasteiger partial charge < -0.3 is 9.64 Å². The van der Waals surface area contributed by atoms with E-state index in [1.54, 1.807) is 26.3 Å². The van der Waals surface area contributed by atoms with Crippen LogP contribution in [0.25, 0.3) is 0 Å². The van der Waals surface area contributed by atoms with Crippen molar-refractivity contribution in [2.45, 2.75) is 51.2 Å². The number of carbonyl (C=O) groups excluding carboxylic acids is 1. The Labute approximate surface area is 180 Å². The molecule has 0 saturated carbocycles. The van der Waals surface area contributed by atoms with Crippen molar-refractivity contribution in [1.82, 2.24) is 23.9 Å². The van der Waals surface area contributed by atoms with Crippen LogP contribution in [-0.4, -0.2) is 103 Å². The van der Waals surface area contributed by atoms with Crippen LogP contribution < -0.4 is 0 Å². The lowest BCUT2D eigenvalue weighted by molar-refractivity contribution is 0.00319. The van der Waals surface area contributed by atoms with E-state index in [0.29, 0.717) is 31.2 Å². The van der Waals surface area contributed by atoms with Crippen LogP contribution in [0.3, 0.4) is 0 Å². The molecule has 0 radical (unpaired) electrons. The van der Waals surface area contributed by atoms with Crippen LogP contribution in [0.15, 0.2) is 12.4 Å². The summed E-state index contributed by atoms with van der Waals surface area (Å²) in [6.45, 7) is 6.60. The first kappa shape index (κ1) is 23.2. The Morgan fingerprint density at radius 3 is 2.60 bits per heavy atom. The van der Waals surface area contributed by atoms with Crippen LogP contribution in [0.2, 0.25) is 0 Å². The van der Waals surface area contributed by atoms with E-state index < -0.39 is 10.0 Å². The van der Waals surface area contributed by atoms with E-state index in [4.69, 9.17) is 4.74 Å². The molecule has 1 unspecified atom stereocenters. The molecule has 3 heterocycles. The summed E-state index contributed by atoms with van der Waals surface area (Å²) in [6, 6.07) is 0.525. The van der Waals surface area contributed by atoms with Gasteiger partial charge in [0.1, 0.15) is 0 Å². The van der Waals surface area contributed by atoms with E-state index in [1.807, 2.05) is 14.0 Å². The van der Waals surface area contributed by atoms with Crippen LogP contribution in [0.4, 0.5) is 0 Å². The molecule has 0 aliphatic carbocycles. The fraction of sp³-hybridized carbons (Fsp3) is 0.800. The van der Waals surface area contributed by atoms with Crippen molar-refractivity contribution >= 4 is 15.9 Å². The van der Waals surface area contributed by atoms with Crippen molar-refractivity contribution in [1.29, 1.82) is 0 Å². The number of amides is 1. The summed E-state index contributed by atoms with van der Waals surface area (Å²) >= 11 is 0. The molecule has 0 N–H and O–H groups in total. The first-order chi connectivity index (χ1) is 14.3. The monoisotopic (exact) mass is 441 g/mol. The maximum Gasteiger partial charge on any atom is 0.256 e. The van der Waals surface area contributed by atoms with Crippen LogP contribution in [0.5, 0.6) is 0 Å². The van der Waals surface area contributed by atoms with Crippen molar-refractivity contribution in [3.63, 3.8) is 0 Å². The van der Waals surface area contributed by atoms with Gasteiger partial charge in [0.15, 0.2) is 0 Å². The average Bonchev–Trinajstić information content (AvgIpc) is 3.23. The summed E-state index contributed by atoms with van der Waals surface area (Å²) < 4.78 is 33.1. The minimum absolute atomic E-state index is 0.0389. The van der Waals surface area contributed by atoms with Gasteiger partial charge in [0.25, 0.3) is 5.91 Å². The molecule has 2 aliphatic heterocycles. The Kier molecular flexibility index (Phi) is 7.89. The van der Waals surface area contributed by atoms with Crippen LogP contribution >= 0.6 is 0 Å². The zero-order valence-electron chi connectivity index (χ0n) is 18.4. The molecule has 2 aliphatic rings. The lowest BCUT2D eigenvalue weighted by Crippen LogP contribution is -2.55. The molecule has 9 nitrogen and oxygen atoms in total. The largest absolute Gasteiger partial charge is 0.381 e. The molecule has 1 aromatic heterocycles. The maximum absolute atomic E-state index is 12.8. The number of carbonyl (C=O) groups is 1. The molecule has 30 heavy (non-hydrogen) atoms. The van der Waals surface area contributed by atoms with Crippen LogP contribution in [0, 0.1) is 0 Å². The number of piperidine rings is 1. The zero-order valence-corrected chi connectivity index (χ0v) is 19.2. The summed E-state index contributed by atoms with van der Waals surface area (Å²) in [6.07, 6.45) is 8.40. The summed E-state index contributed by atoms with van der Waals surface area (Å²) in [5.41, 5.74) is 0.595. The van der Waals surface area contributed by atoms with Gasteiger partial charge in [-0.05, 0) is 32.6 Å². The van der Waals surface area contributed by atoms with Crippen molar-refractivity contribution in [2.24, 2.45) is 0 Å². The number of ether oxygens (including phenoxy) is 1. The fourth-order valence-electron chi connectivity index (χ4n) is 4.41. The van der Waals surface area contributed by atoms with Gasteiger partial charge in [-0.25, -0.2) is 12.7 Å². The SMILES string of the molecule is CCn1cc(C(=O)N(C)CCN(C2CCOCC2)C2CCCN(S(C)(=O)=O)C2)cn1. The first-order valence-electron chi connectivity index (χ1n) is 10.9. The van der Waals surface area contributed by atoms with Gasteiger partial charge >= 0.3 is 0 Å². The smallest absolute Gasteiger partial charge is 0.256 e. The predicted molar refractivity (Wildman–Crippen MR) is 115 cm³/mol. The van der Waals surface area contributed by atoms with E-state index in [9.17, 15) is 13.2 Å². The van der Waals surface area contributed by atoms with Crippen molar-refractivity contribution in [2.75, 3.05) is 52.7 Å². The van der Waals surface area contributed by atoms with Gasteiger partial charge in [-0.2, -0.15) is 5.10 Å². The minimum atomic E-state index is -3.20. The summed E-state index contributed by atoms with van der Waals surface area (Å²) in [4.78, 5) is 16.9. The second kappa shape index (κ2) is 10.2. The third-order valence-electron chi connectivity index (χ3n) is 6.20. The quantitative estimate of drug-likeness (QED) is 0.595. The van der Waals surface area contributed by atoms with E-state index in [-0.39, 0.29) is 11.9 Å². The third kappa shape index (κ3) is 5.81. The van der Waals surface area contributed by atoms with E-state index in [1.165, 1.54) is 6.26 Å². The molecule has 170 valence electrons. The number of hydrogen-bond donors (Lipinski definition) is 0. The second-order valence-corrected chi connectivity index (χ2v) is 10.3. The summed E-state index contributed by atoms with van der Waals surface area (Å²) in [7, 11) is -1.38. The molecule has 3 rings (SSSR count). The molecule has 2 fully saturated rings. The average molecular weight is 442 g/mol. The topological polar surface area (TPSA) is 88.0 Å². The van der Waals surface area contributed by atoms with Crippen molar-refractivity contribution in [3.05, 3.63) is 18.0 Å². The Balaban J connectivity index is 1.67. The molecular formula is C20H35N5O4S. The maximum atomic E-state index is 12.8. The second-order valence-electron chi connectivity index (χ2n) is 8.31. The molecule has 0 bridgehead atoms. The Hall–Kier alpha value is -1.49. The third-order valence-corrected chi connectivity index (χ3v) is 7.47. The molecule has 2 saturated heterocycles. The van der Waals surface area contributed by atoms with Gasteiger partial charge in [0, 0.05) is 71.3 Å². The fourth-order valence-corrected chi connectivity index (χ4v) is 5.31. The van der Waals surface area contributed by atoms with Gasteiger partial charge in [0.05, 0.1) is 18.0 Å². The zero-order chi connectivity index (χ0) is 21.7. The lowest BCUT2D eigenvalue weighted by atomic mass is 9.99. The van der Waals surface area contributed by atoms with E-state index in [2.05, 4.69) is 10.00 Å². The Bertz CT molecular complexity index is 806. The van der Waals surface area contributed by atoms with Gasteiger partial charge in [-0.1, -0.05) is 0 Å². The Morgan fingerprint density at radius 2 is 1.97 bits per heavy atom. The highest BCUT2D eigenvalue weighted by atomic mass is 32.2. The highest BCUT2D eigenvalue weighted by Crippen LogP contribution is 2.24. The summed E-state index contributed by atoms with van der Waals surface area (Å²) in [5.74, 6) is -0.0389. The van der Waals surface area contributed by atoms with E-state index in [0.717, 1.165) is 52.0 Å². The van der Waals surface area contributed by atoms with Gasteiger partial charge in [0.2, 0.25) is 10.0 Å². The van der Waals surface area contributed by atoms with E-state index >= 15 is 0 Å². The number of aromatic nitrogens is 2. The van der Waals surface area contributed by atoms with Crippen LogP contribution in [-0.2, 0) is 21.3 Å². The molecular weight excluding hydrogens is 406 g/mol.